The molecule has 0 saturated carbocycles. The van der Waals surface area contributed by atoms with E-state index in [1.807, 2.05) is 12.1 Å². The van der Waals surface area contributed by atoms with Crippen molar-refractivity contribution < 1.29 is 65.3 Å². The zero-order chi connectivity index (χ0) is 32.9. The first-order chi connectivity index (χ1) is 22.0. The van der Waals surface area contributed by atoms with Gasteiger partial charge < -0.3 is 65.3 Å². The number of aliphatic hydroxyl groups is 10. The molecule has 3 saturated heterocycles. The quantitative estimate of drug-likeness (QED) is 0.144. The molecule has 10 N–H and O–H groups in total. The fraction of sp³-hybridized carbons (Fsp3) is 0.515. The zero-order valence-corrected chi connectivity index (χ0v) is 24.4. The van der Waals surface area contributed by atoms with Gasteiger partial charge in [0, 0.05) is 17.5 Å². The molecule has 2 aromatic carbocycles. The molecule has 0 bridgehead atoms. The smallest absolute Gasteiger partial charge is 0.147 e. The number of benzene rings is 2. The standard InChI is InChI=1S/C33H36O13/c34-12-25-29(40)31(42)27(38)23(45-25)7-3-15-1-5-17-18-6-2-16(4-8-24-28(39)32(43)30(41)26(13-35)46-24)10-20(18)33(19(17)9-15)11-21(36)22(37)14-44-33/h1-2,5-6,9-10,21-32,34-43H,11-14H2/t21-,22+,23-,24-,25-,26-,27-,28-,29-,30-,31-,32-/m1/s1. The largest absolute Gasteiger partial charge is 0.394 e. The van der Waals surface area contributed by atoms with E-state index in [1.165, 1.54) is 0 Å². The van der Waals surface area contributed by atoms with Crippen LogP contribution in [0.4, 0.5) is 0 Å². The van der Waals surface area contributed by atoms with Crippen molar-refractivity contribution in [3.8, 4) is 34.8 Å². The lowest BCUT2D eigenvalue weighted by atomic mass is 9.81. The van der Waals surface area contributed by atoms with Crippen molar-refractivity contribution in [3.05, 3.63) is 58.7 Å². The highest BCUT2D eigenvalue weighted by molar-refractivity contribution is 5.82. The second kappa shape index (κ2) is 12.9. The molecular weight excluding hydrogens is 604 g/mol. The molecule has 3 fully saturated rings. The Morgan fingerprint density at radius 3 is 1.48 bits per heavy atom. The SMILES string of the molecule is OC[C@H]1O[C@H](C#Cc2ccc3c(c2)C2(C[C@@H](O)[C@@H](O)CO2)c2cc(C#C[C@H]4O[C@H](CO)[C@@H](O)[C@H](O)[C@@H]4O)ccc2-3)[C@@H](O)[C@@H](O)[C@@H]1O. The van der Waals surface area contributed by atoms with Crippen LogP contribution in [0, 0.1) is 23.7 Å². The number of rotatable bonds is 2. The van der Waals surface area contributed by atoms with Gasteiger partial charge in [0.15, 0.2) is 0 Å². The van der Waals surface area contributed by atoms with Crippen molar-refractivity contribution in [2.45, 2.75) is 85.3 Å². The number of ether oxygens (including phenoxy) is 3. The van der Waals surface area contributed by atoms with Crippen LogP contribution < -0.4 is 0 Å². The summed E-state index contributed by atoms with van der Waals surface area (Å²) in [5.74, 6) is 11.4. The van der Waals surface area contributed by atoms with Gasteiger partial charge in [-0.15, -0.1) is 0 Å². The van der Waals surface area contributed by atoms with Gasteiger partial charge >= 0.3 is 0 Å². The van der Waals surface area contributed by atoms with Gasteiger partial charge in [0.25, 0.3) is 0 Å². The van der Waals surface area contributed by atoms with Crippen LogP contribution in [0.2, 0.25) is 0 Å². The lowest BCUT2D eigenvalue weighted by molar-refractivity contribution is -0.214. The highest BCUT2D eigenvalue weighted by Gasteiger charge is 2.50. The summed E-state index contributed by atoms with van der Waals surface area (Å²) >= 11 is 0. The lowest BCUT2D eigenvalue weighted by Crippen LogP contribution is -2.58. The Kier molecular flexibility index (Phi) is 9.26. The summed E-state index contributed by atoms with van der Waals surface area (Å²) in [6, 6.07) is 10.6. The molecule has 1 spiro atoms. The fourth-order valence-corrected chi connectivity index (χ4v) is 6.48. The minimum atomic E-state index is -1.57. The van der Waals surface area contributed by atoms with Gasteiger partial charge in [0.05, 0.1) is 25.9 Å². The molecule has 13 nitrogen and oxygen atoms in total. The maximum Gasteiger partial charge on any atom is 0.147 e. The van der Waals surface area contributed by atoms with E-state index in [1.54, 1.807) is 24.3 Å². The van der Waals surface area contributed by atoms with Crippen molar-refractivity contribution in [3.63, 3.8) is 0 Å². The molecule has 4 aliphatic rings. The van der Waals surface area contributed by atoms with Crippen molar-refractivity contribution >= 4 is 0 Å². The van der Waals surface area contributed by atoms with E-state index in [0.717, 1.165) is 11.1 Å². The molecule has 0 aromatic heterocycles. The third kappa shape index (κ3) is 5.64. The predicted molar refractivity (Wildman–Crippen MR) is 157 cm³/mol. The molecule has 0 amide bonds. The van der Waals surface area contributed by atoms with E-state index in [-0.39, 0.29) is 13.0 Å². The van der Waals surface area contributed by atoms with Gasteiger partial charge in [0.1, 0.15) is 72.7 Å². The summed E-state index contributed by atoms with van der Waals surface area (Å²) in [6.07, 6.45) is -16.0. The Balaban J connectivity index is 1.34. The van der Waals surface area contributed by atoms with Crippen LogP contribution in [0.25, 0.3) is 11.1 Å². The Morgan fingerprint density at radius 1 is 0.609 bits per heavy atom. The summed E-state index contributed by atoms with van der Waals surface area (Å²) < 4.78 is 17.3. The summed E-state index contributed by atoms with van der Waals surface area (Å²) in [6.45, 7) is -1.33. The van der Waals surface area contributed by atoms with Crippen LogP contribution in [-0.4, -0.2) is 144 Å². The molecule has 0 radical (unpaired) electrons. The highest BCUT2D eigenvalue weighted by atomic mass is 16.6. The number of aliphatic hydroxyl groups excluding tert-OH is 10. The summed E-state index contributed by atoms with van der Waals surface area (Å²) in [5.41, 5.74) is 2.65. The fourth-order valence-electron chi connectivity index (χ4n) is 6.48. The van der Waals surface area contributed by atoms with Crippen LogP contribution >= 0.6 is 0 Å². The third-order valence-corrected chi connectivity index (χ3v) is 9.14. The number of hydrogen-bond donors (Lipinski definition) is 10. The van der Waals surface area contributed by atoms with Crippen LogP contribution in [0.5, 0.6) is 0 Å². The second-order valence-corrected chi connectivity index (χ2v) is 12.0. The minimum absolute atomic E-state index is 0.00134. The Labute approximate surface area is 263 Å². The van der Waals surface area contributed by atoms with Gasteiger partial charge in [-0.2, -0.15) is 0 Å². The monoisotopic (exact) mass is 640 g/mol. The normalized spacial score (nSPS) is 39.9. The first-order valence-corrected chi connectivity index (χ1v) is 14.9. The van der Waals surface area contributed by atoms with Crippen molar-refractivity contribution in [1.82, 2.24) is 0 Å². The summed E-state index contributed by atoms with van der Waals surface area (Å²) in [4.78, 5) is 0. The second-order valence-electron chi connectivity index (χ2n) is 12.0. The van der Waals surface area contributed by atoms with Crippen LogP contribution in [0.3, 0.4) is 0 Å². The third-order valence-electron chi connectivity index (χ3n) is 9.14. The van der Waals surface area contributed by atoms with Crippen LogP contribution in [-0.2, 0) is 19.8 Å². The van der Waals surface area contributed by atoms with Crippen molar-refractivity contribution in [2.24, 2.45) is 0 Å². The predicted octanol–water partition coefficient (Wildman–Crippen LogP) is -3.56. The van der Waals surface area contributed by atoms with Crippen LogP contribution in [0.1, 0.15) is 28.7 Å². The first kappa shape index (κ1) is 33.0. The molecule has 46 heavy (non-hydrogen) atoms. The summed E-state index contributed by atoms with van der Waals surface area (Å²) in [5, 5.41) is 101. The van der Waals surface area contributed by atoms with Gasteiger partial charge in [-0.3, -0.25) is 0 Å². The molecule has 2 aromatic rings. The van der Waals surface area contributed by atoms with E-state index in [9.17, 15) is 51.1 Å². The minimum Gasteiger partial charge on any atom is -0.394 e. The Hall–Kier alpha value is -2.96. The molecule has 3 heterocycles. The molecule has 13 heteroatoms. The molecule has 246 valence electrons. The summed E-state index contributed by atoms with van der Waals surface area (Å²) in [7, 11) is 0. The molecule has 1 aliphatic carbocycles. The van der Waals surface area contributed by atoms with Crippen molar-refractivity contribution in [1.29, 1.82) is 0 Å². The molecule has 0 unspecified atom stereocenters. The Bertz CT molecular complexity index is 1470. The van der Waals surface area contributed by atoms with Gasteiger partial charge in [-0.1, -0.05) is 35.8 Å². The average molecular weight is 641 g/mol. The van der Waals surface area contributed by atoms with Crippen LogP contribution in [0.15, 0.2) is 36.4 Å². The molecular formula is C33H36O13. The topological polar surface area (TPSA) is 230 Å². The van der Waals surface area contributed by atoms with E-state index >= 15 is 0 Å². The Morgan fingerprint density at radius 2 is 1.07 bits per heavy atom. The van der Waals surface area contributed by atoms with E-state index in [2.05, 4.69) is 23.7 Å². The first-order valence-electron chi connectivity index (χ1n) is 14.9. The molecule has 12 atom stereocenters. The maximum absolute atomic E-state index is 10.8. The van der Waals surface area contributed by atoms with Crippen molar-refractivity contribution in [2.75, 3.05) is 19.8 Å². The lowest BCUT2D eigenvalue weighted by Gasteiger charge is -2.40. The number of fused-ring (bicyclic) bond motifs is 5. The molecule has 6 rings (SSSR count). The molecule has 3 aliphatic heterocycles. The zero-order valence-electron chi connectivity index (χ0n) is 24.4. The number of hydrogen-bond acceptors (Lipinski definition) is 13. The average Bonchev–Trinajstić information content (AvgIpc) is 3.31. The van der Waals surface area contributed by atoms with E-state index in [0.29, 0.717) is 22.3 Å². The maximum atomic E-state index is 10.8. The van der Waals surface area contributed by atoms with E-state index < -0.39 is 92.1 Å². The van der Waals surface area contributed by atoms with Gasteiger partial charge in [-0.05, 0) is 46.5 Å². The van der Waals surface area contributed by atoms with Gasteiger partial charge in [0.2, 0.25) is 0 Å². The highest BCUT2D eigenvalue weighted by Crippen LogP contribution is 2.54. The van der Waals surface area contributed by atoms with Gasteiger partial charge in [-0.25, -0.2) is 0 Å². The van der Waals surface area contributed by atoms with E-state index in [4.69, 9.17) is 14.2 Å².